The Bertz CT molecular complexity index is 377. The summed E-state index contributed by atoms with van der Waals surface area (Å²) in [7, 11) is 1.66. The Labute approximate surface area is 114 Å². The van der Waals surface area contributed by atoms with Gasteiger partial charge in [0.05, 0.1) is 19.8 Å². The second-order valence-corrected chi connectivity index (χ2v) is 5.17. The molecule has 0 unspecified atom stereocenters. The maximum Gasteiger partial charge on any atom is 0.163 e. The van der Waals surface area contributed by atoms with Crippen molar-refractivity contribution in [2.75, 3.05) is 20.3 Å². The van der Waals surface area contributed by atoms with E-state index >= 15 is 0 Å². The topological polar surface area (TPSA) is 36.9 Å². The van der Waals surface area contributed by atoms with Gasteiger partial charge in [0.1, 0.15) is 12.2 Å². The van der Waals surface area contributed by atoms with Gasteiger partial charge in [-0.15, -0.1) is 0 Å². The molecule has 19 heavy (non-hydrogen) atoms. The van der Waals surface area contributed by atoms with Crippen molar-refractivity contribution in [1.29, 1.82) is 0 Å². The third-order valence-electron chi connectivity index (χ3n) is 3.01. The van der Waals surface area contributed by atoms with Crippen molar-refractivity contribution in [2.45, 2.75) is 38.4 Å². The Morgan fingerprint density at radius 1 is 1.05 bits per heavy atom. The predicted octanol–water partition coefficient (Wildman–Crippen LogP) is 2.37. The van der Waals surface area contributed by atoms with E-state index in [2.05, 4.69) is 0 Å². The molecule has 1 aromatic rings. The minimum atomic E-state index is -0.566. The highest BCUT2D eigenvalue weighted by molar-refractivity contribution is 5.13. The van der Waals surface area contributed by atoms with Gasteiger partial charge in [-0.3, -0.25) is 0 Å². The summed E-state index contributed by atoms with van der Waals surface area (Å²) in [4.78, 5) is 0. The number of ether oxygens (including phenoxy) is 4. The summed E-state index contributed by atoms with van der Waals surface area (Å²) in [5.74, 6) is -0.566. The predicted molar refractivity (Wildman–Crippen MR) is 71.8 cm³/mol. The third kappa shape index (κ3) is 4.28. The van der Waals surface area contributed by atoms with Crippen LogP contribution < -0.4 is 0 Å². The average Bonchev–Trinajstić information content (AvgIpc) is 2.66. The highest BCUT2D eigenvalue weighted by atomic mass is 16.8. The molecule has 0 aliphatic carbocycles. The van der Waals surface area contributed by atoms with Crippen molar-refractivity contribution in [3.05, 3.63) is 35.9 Å². The molecule has 0 saturated carbocycles. The zero-order chi connectivity index (χ0) is 13.7. The van der Waals surface area contributed by atoms with Crippen LogP contribution in [-0.2, 0) is 25.6 Å². The number of methoxy groups -OCH3 is 1. The van der Waals surface area contributed by atoms with E-state index in [-0.39, 0.29) is 12.2 Å². The Hall–Kier alpha value is -0.940. The Kier molecular flexibility index (Phi) is 4.93. The van der Waals surface area contributed by atoms with Gasteiger partial charge in [0.15, 0.2) is 5.79 Å². The lowest BCUT2D eigenvalue weighted by molar-refractivity contribution is -0.154. The van der Waals surface area contributed by atoms with Gasteiger partial charge < -0.3 is 18.9 Å². The van der Waals surface area contributed by atoms with E-state index in [4.69, 9.17) is 18.9 Å². The number of hydrogen-bond acceptors (Lipinski definition) is 4. The maximum absolute atomic E-state index is 5.82. The Morgan fingerprint density at radius 3 is 2.32 bits per heavy atom. The van der Waals surface area contributed by atoms with Crippen molar-refractivity contribution < 1.29 is 18.9 Å². The van der Waals surface area contributed by atoms with Crippen LogP contribution in [0.25, 0.3) is 0 Å². The van der Waals surface area contributed by atoms with Gasteiger partial charge in [0.25, 0.3) is 0 Å². The van der Waals surface area contributed by atoms with Crippen LogP contribution in [0.15, 0.2) is 30.3 Å². The summed E-state index contributed by atoms with van der Waals surface area (Å²) in [6.07, 6.45) is -0.158. The minimum Gasteiger partial charge on any atom is -0.382 e. The molecule has 1 aliphatic heterocycles. The zero-order valence-corrected chi connectivity index (χ0v) is 11.8. The smallest absolute Gasteiger partial charge is 0.163 e. The first-order valence-corrected chi connectivity index (χ1v) is 6.57. The van der Waals surface area contributed by atoms with Gasteiger partial charge in [-0.1, -0.05) is 30.3 Å². The standard InChI is InChI=1S/C15H22O4/c1-15(2)18-13(10-16-3)14(19-15)11-17-9-12-7-5-4-6-8-12/h4-8,13-14H,9-11H2,1-3H3/t13-,14-/m1/s1. The van der Waals surface area contributed by atoms with Crippen molar-refractivity contribution in [2.24, 2.45) is 0 Å². The van der Waals surface area contributed by atoms with E-state index in [1.54, 1.807) is 7.11 Å². The lowest BCUT2D eigenvalue weighted by atomic mass is 10.2. The molecule has 4 nitrogen and oxygen atoms in total. The maximum atomic E-state index is 5.82. The van der Waals surface area contributed by atoms with Crippen LogP contribution >= 0.6 is 0 Å². The van der Waals surface area contributed by atoms with Crippen molar-refractivity contribution in [3.63, 3.8) is 0 Å². The minimum absolute atomic E-state index is 0.0734. The quantitative estimate of drug-likeness (QED) is 0.792. The Balaban J connectivity index is 1.81. The molecule has 0 amide bonds. The van der Waals surface area contributed by atoms with Gasteiger partial charge in [-0.2, -0.15) is 0 Å². The van der Waals surface area contributed by atoms with E-state index in [9.17, 15) is 0 Å². The molecule has 1 heterocycles. The highest BCUT2D eigenvalue weighted by Crippen LogP contribution is 2.28. The first-order valence-electron chi connectivity index (χ1n) is 6.57. The van der Waals surface area contributed by atoms with Crippen LogP contribution in [0.5, 0.6) is 0 Å². The first kappa shape index (κ1) is 14.5. The average molecular weight is 266 g/mol. The van der Waals surface area contributed by atoms with E-state index in [0.29, 0.717) is 19.8 Å². The second-order valence-electron chi connectivity index (χ2n) is 5.17. The molecule has 4 heteroatoms. The molecule has 0 aromatic heterocycles. The fraction of sp³-hybridized carbons (Fsp3) is 0.600. The normalized spacial score (nSPS) is 25.6. The van der Waals surface area contributed by atoms with Gasteiger partial charge in [-0.25, -0.2) is 0 Å². The van der Waals surface area contributed by atoms with Crippen LogP contribution in [0.1, 0.15) is 19.4 Å². The third-order valence-corrected chi connectivity index (χ3v) is 3.01. The molecule has 0 N–H and O–H groups in total. The van der Waals surface area contributed by atoms with Crippen LogP contribution in [-0.4, -0.2) is 38.3 Å². The van der Waals surface area contributed by atoms with E-state index in [1.807, 2.05) is 44.2 Å². The van der Waals surface area contributed by atoms with E-state index in [1.165, 1.54) is 0 Å². The molecule has 2 atom stereocenters. The van der Waals surface area contributed by atoms with Crippen LogP contribution in [0.3, 0.4) is 0 Å². The molecule has 106 valence electrons. The van der Waals surface area contributed by atoms with Gasteiger partial charge >= 0.3 is 0 Å². The van der Waals surface area contributed by atoms with Gasteiger partial charge in [0.2, 0.25) is 0 Å². The summed E-state index contributed by atoms with van der Waals surface area (Å²) >= 11 is 0. The summed E-state index contributed by atoms with van der Waals surface area (Å²) in [6.45, 7) is 5.43. The van der Waals surface area contributed by atoms with Crippen molar-refractivity contribution in [3.8, 4) is 0 Å². The molecule has 1 aromatic carbocycles. The molecule has 1 saturated heterocycles. The Morgan fingerprint density at radius 2 is 1.68 bits per heavy atom. The van der Waals surface area contributed by atoms with Crippen molar-refractivity contribution >= 4 is 0 Å². The fourth-order valence-corrected chi connectivity index (χ4v) is 2.22. The van der Waals surface area contributed by atoms with E-state index in [0.717, 1.165) is 5.56 Å². The van der Waals surface area contributed by atoms with Crippen molar-refractivity contribution in [1.82, 2.24) is 0 Å². The number of rotatable bonds is 6. The van der Waals surface area contributed by atoms with E-state index < -0.39 is 5.79 Å². The lowest BCUT2D eigenvalue weighted by Crippen LogP contribution is -2.31. The summed E-state index contributed by atoms with van der Waals surface area (Å²) in [5, 5.41) is 0. The van der Waals surface area contributed by atoms with Gasteiger partial charge in [0, 0.05) is 7.11 Å². The first-order chi connectivity index (χ1) is 9.11. The molecule has 0 radical (unpaired) electrons. The monoisotopic (exact) mass is 266 g/mol. The number of hydrogen-bond donors (Lipinski definition) is 0. The highest BCUT2D eigenvalue weighted by Gasteiger charge is 2.41. The summed E-state index contributed by atoms with van der Waals surface area (Å²) in [6, 6.07) is 10.1. The zero-order valence-electron chi connectivity index (χ0n) is 11.8. The largest absolute Gasteiger partial charge is 0.382 e. The molecule has 2 rings (SSSR count). The summed E-state index contributed by atoms with van der Waals surface area (Å²) < 4.78 is 22.5. The molecule has 1 fully saturated rings. The fourth-order valence-electron chi connectivity index (χ4n) is 2.22. The SMILES string of the molecule is COC[C@H]1OC(C)(C)O[C@@H]1COCc1ccccc1. The molecular formula is C15H22O4. The molecular weight excluding hydrogens is 244 g/mol. The van der Waals surface area contributed by atoms with Gasteiger partial charge in [-0.05, 0) is 19.4 Å². The summed E-state index contributed by atoms with van der Waals surface area (Å²) in [5.41, 5.74) is 1.16. The second kappa shape index (κ2) is 6.48. The van der Waals surface area contributed by atoms with Crippen LogP contribution in [0.4, 0.5) is 0 Å². The van der Waals surface area contributed by atoms with Crippen LogP contribution in [0, 0.1) is 0 Å². The number of benzene rings is 1. The molecule has 1 aliphatic rings. The lowest BCUT2D eigenvalue weighted by Gasteiger charge is -2.16. The molecule has 0 bridgehead atoms. The molecule has 0 spiro atoms. The van der Waals surface area contributed by atoms with Crippen LogP contribution in [0.2, 0.25) is 0 Å².